The second-order valence-corrected chi connectivity index (χ2v) is 10.0. The molecule has 0 spiro atoms. The highest BCUT2D eigenvalue weighted by Gasteiger charge is 2.17. The quantitative estimate of drug-likeness (QED) is 0.167. The number of unbranched alkanes of at least 4 members (excludes halogenated alkanes) is 15. The summed E-state index contributed by atoms with van der Waals surface area (Å²) in [6, 6.07) is 0.592. The fourth-order valence-corrected chi connectivity index (χ4v) is 4.94. The Kier molecular flexibility index (Phi) is 18.1. The molecule has 2 nitrogen and oxygen atoms in total. The highest BCUT2D eigenvalue weighted by Crippen LogP contribution is 2.28. The van der Waals surface area contributed by atoms with Crippen molar-refractivity contribution < 1.29 is 0 Å². The van der Waals surface area contributed by atoms with Gasteiger partial charge in [-0.25, -0.2) is 4.98 Å². The van der Waals surface area contributed by atoms with Gasteiger partial charge in [0.2, 0.25) is 0 Å². The molecule has 1 heterocycles. The number of rotatable bonds is 22. The Bertz CT molecular complexity index is 493. The average molecular weight is 433 g/mol. The lowest BCUT2D eigenvalue weighted by atomic mass is 9.96. The van der Waals surface area contributed by atoms with Gasteiger partial charge >= 0.3 is 0 Å². The molecule has 182 valence electrons. The molecule has 0 aliphatic rings. The van der Waals surface area contributed by atoms with Gasteiger partial charge < -0.3 is 4.57 Å². The van der Waals surface area contributed by atoms with Crippen molar-refractivity contribution in [3.63, 3.8) is 0 Å². The summed E-state index contributed by atoms with van der Waals surface area (Å²) in [5, 5.41) is 0. The minimum Gasteiger partial charge on any atom is -0.332 e. The van der Waals surface area contributed by atoms with E-state index in [0.717, 1.165) is 0 Å². The first-order valence-electron chi connectivity index (χ1n) is 14.3. The Morgan fingerprint density at radius 1 is 0.645 bits per heavy atom. The van der Waals surface area contributed by atoms with Crippen LogP contribution in [0.25, 0.3) is 0 Å². The predicted octanol–water partition coefficient (Wildman–Crippen LogP) is 10.4. The van der Waals surface area contributed by atoms with Gasteiger partial charge in [-0.2, -0.15) is 0 Å². The Labute approximate surface area is 196 Å². The topological polar surface area (TPSA) is 17.8 Å². The van der Waals surface area contributed by atoms with E-state index in [0.29, 0.717) is 12.0 Å². The second kappa shape index (κ2) is 19.9. The summed E-state index contributed by atoms with van der Waals surface area (Å²) in [5.41, 5.74) is 0. The number of aromatic nitrogens is 2. The lowest BCUT2D eigenvalue weighted by Crippen LogP contribution is -2.12. The molecule has 0 aromatic carbocycles. The number of nitrogens with zero attached hydrogens (tertiary/aromatic N) is 2. The van der Waals surface area contributed by atoms with Gasteiger partial charge in [0.05, 0.1) is 0 Å². The van der Waals surface area contributed by atoms with Gasteiger partial charge in [0.15, 0.2) is 0 Å². The van der Waals surface area contributed by atoms with Crippen LogP contribution in [-0.4, -0.2) is 9.55 Å². The maximum Gasteiger partial charge on any atom is 0.111 e. The van der Waals surface area contributed by atoms with Crippen LogP contribution in [0.2, 0.25) is 0 Å². The smallest absolute Gasteiger partial charge is 0.111 e. The summed E-state index contributed by atoms with van der Waals surface area (Å²) in [6.45, 7) is 9.34. The van der Waals surface area contributed by atoms with Crippen LogP contribution in [0.15, 0.2) is 12.4 Å². The zero-order valence-electron chi connectivity index (χ0n) is 21.8. The van der Waals surface area contributed by atoms with Crippen LogP contribution in [0, 0.1) is 0 Å². The summed E-state index contributed by atoms with van der Waals surface area (Å²) in [4.78, 5) is 4.81. The van der Waals surface area contributed by atoms with Gasteiger partial charge in [0.25, 0.3) is 0 Å². The third-order valence-corrected chi connectivity index (χ3v) is 7.16. The molecule has 1 aromatic heterocycles. The minimum atomic E-state index is 0.592. The van der Waals surface area contributed by atoms with Crippen LogP contribution >= 0.6 is 0 Å². The molecule has 0 radical (unpaired) electrons. The second-order valence-electron chi connectivity index (χ2n) is 10.0. The first kappa shape index (κ1) is 28.2. The number of hydrogen-bond acceptors (Lipinski definition) is 1. The molecule has 0 aliphatic carbocycles. The Hall–Kier alpha value is -0.790. The van der Waals surface area contributed by atoms with Crippen molar-refractivity contribution in [2.45, 2.75) is 168 Å². The first-order valence-corrected chi connectivity index (χ1v) is 14.3. The molecule has 0 fully saturated rings. The molecule has 0 saturated heterocycles. The number of imidazole rings is 1. The molecule has 31 heavy (non-hydrogen) atoms. The molecule has 0 N–H and O–H groups in total. The normalized spacial score (nSPS) is 13.5. The van der Waals surface area contributed by atoms with E-state index in [2.05, 4.69) is 38.5 Å². The zero-order chi connectivity index (χ0) is 22.6. The molecule has 0 bridgehead atoms. The van der Waals surface area contributed by atoms with Crippen molar-refractivity contribution in [1.29, 1.82) is 0 Å². The van der Waals surface area contributed by atoms with Crippen LogP contribution in [0.3, 0.4) is 0 Å². The highest BCUT2D eigenvalue weighted by atomic mass is 15.1. The summed E-state index contributed by atoms with van der Waals surface area (Å²) >= 11 is 0. The van der Waals surface area contributed by atoms with E-state index in [1.807, 2.05) is 6.20 Å². The lowest BCUT2D eigenvalue weighted by Gasteiger charge is -2.21. The van der Waals surface area contributed by atoms with Crippen LogP contribution < -0.4 is 0 Å². The zero-order valence-corrected chi connectivity index (χ0v) is 21.8. The highest BCUT2D eigenvalue weighted by molar-refractivity contribution is 5.02. The number of hydrogen-bond donors (Lipinski definition) is 0. The van der Waals surface area contributed by atoms with Crippen molar-refractivity contribution in [2.75, 3.05) is 0 Å². The van der Waals surface area contributed by atoms with Gasteiger partial charge in [-0.15, -0.1) is 0 Å². The van der Waals surface area contributed by atoms with E-state index in [9.17, 15) is 0 Å². The standard InChI is InChI=1S/C29H56N2/c1-5-8-10-12-14-16-17-19-21-23-27(4)31-26-25-30-29(31)28(7-3)24-22-20-18-15-13-11-9-6-2/h25-28H,5-24H2,1-4H3. The molecule has 0 amide bonds. The van der Waals surface area contributed by atoms with Gasteiger partial charge in [0, 0.05) is 24.4 Å². The Morgan fingerprint density at radius 2 is 1.10 bits per heavy atom. The van der Waals surface area contributed by atoms with E-state index < -0.39 is 0 Å². The van der Waals surface area contributed by atoms with Gasteiger partial charge in [-0.05, 0) is 26.2 Å². The fraction of sp³-hybridized carbons (Fsp3) is 0.897. The van der Waals surface area contributed by atoms with E-state index in [1.54, 1.807) is 0 Å². The van der Waals surface area contributed by atoms with Crippen LogP contribution in [-0.2, 0) is 0 Å². The van der Waals surface area contributed by atoms with Crippen molar-refractivity contribution in [3.8, 4) is 0 Å². The molecule has 1 rings (SSSR count). The predicted molar refractivity (Wildman–Crippen MR) is 139 cm³/mol. The Balaban J connectivity index is 2.23. The molecule has 2 unspecified atom stereocenters. The third-order valence-electron chi connectivity index (χ3n) is 7.16. The van der Waals surface area contributed by atoms with E-state index in [4.69, 9.17) is 4.98 Å². The molecular formula is C29H56N2. The first-order chi connectivity index (χ1) is 15.2. The maximum atomic E-state index is 4.81. The van der Waals surface area contributed by atoms with E-state index in [1.165, 1.54) is 134 Å². The van der Waals surface area contributed by atoms with Crippen molar-refractivity contribution in [3.05, 3.63) is 18.2 Å². The van der Waals surface area contributed by atoms with Crippen LogP contribution in [0.1, 0.15) is 174 Å². The summed E-state index contributed by atoms with van der Waals surface area (Å²) in [7, 11) is 0. The summed E-state index contributed by atoms with van der Waals surface area (Å²) in [5.74, 6) is 1.99. The van der Waals surface area contributed by atoms with E-state index in [-0.39, 0.29) is 0 Å². The molecular weight excluding hydrogens is 376 g/mol. The molecule has 0 aliphatic heterocycles. The summed E-state index contributed by atoms with van der Waals surface area (Å²) < 4.78 is 2.50. The van der Waals surface area contributed by atoms with Gasteiger partial charge in [-0.3, -0.25) is 0 Å². The van der Waals surface area contributed by atoms with E-state index >= 15 is 0 Å². The molecule has 2 heteroatoms. The third kappa shape index (κ3) is 13.4. The van der Waals surface area contributed by atoms with Crippen molar-refractivity contribution in [2.24, 2.45) is 0 Å². The monoisotopic (exact) mass is 432 g/mol. The fourth-order valence-electron chi connectivity index (χ4n) is 4.94. The lowest BCUT2D eigenvalue weighted by molar-refractivity contribution is 0.425. The van der Waals surface area contributed by atoms with Crippen LogP contribution in [0.4, 0.5) is 0 Å². The molecule has 0 saturated carbocycles. The van der Waals surface area contributed by atoms with Gasteiger partial charge in [0.1, 0.15) is 5.82 Å². The van der Waals surface area contributed by atoms with Crippen molar-refractivity contribution >= 4 is 0 Å². The summed E-state index contributed by atoms with van der Waals surface area (Å²) in [6.07, 6.45) is 32.1. The van der Waals surface area contributed by atoms with Crippen molar-refractivity contribution in [1.82, 2.24) is 9.55 Å². The largest absolute Gasteiger partial charge is 0.332 e. The molecule has 2 atom stereocenters. The SMILES string of the molecule is CCCCCCCCCCCC(C)n1ccnc1C(CC)CCCCCCCCCC. The van der Waals surface area contributed by atoms with Crippen LogP contribution in [0.5, 0.6) is 0 Å². The average Bonchev–Trinajstić information content (AvgIpc) is 3.26. The maximum absolute atomic E-state index is 4.81. The Morgan fingerprint density at radius 3 is 1.58 bits per heavy atom. The van der Waals surface area contributed by atoms with Gasteiger partial charge in [-0.1, -0.05) is 130 Å². The minimum absolute atomic E-state index is 0.592. The molecule has 1 aromatic rings.